The molecule has 3 nitrogen and oxygen atoms in total. The molecule has 0 radical (unpaired) electrons. The molecule has 0 N–H and O–H groups in total. The van der Waals surface area contributed by atoms with Gasteiger partial charge in [0.15, 0.2) is 0 Å². The fourth-order valence-electron chi connectivity index (χ4n) is 13.3. The van der Waals surface area contributed by atoms with Gasteiger partial charge in [0.2, 0.25) is 0 Å². The van der Waals surface area contributed by atoms with E-state index in [9.17, 15) is 0 Å². The van der Waals surface area contributed by atoms with Crippen molar-refractivity contribution in [3.63, 3.8) is 0 Å². The first kappa shape index (κ1) is 53.1. The monoisotopic (exact) mass is 1050 g/mol. The quantitative estimate of drug-likeness (QED) is 0.147. The van der Waals surface area contributed by atoms with Gasteiger partial charge in [0.25, 0.3) is 6.71 Å². The minimum Gasteiger partial charge on any atom is -0.311 e. The molecule has 0 unspecified atom stereocenters. The van der Waals surface area contributed by atoms with Gasteiger partial charge >= 0.3 is 0 Å². The van der Waals surface area contributed by atoms with Gasteiger partial charge in [-0.05, 0) is 186 Å². The van der Waals surface area contributed by atoms with E-state index in [0.717, 1.165) is 29.9 Å². The first-order valence-corrected chi connectivity index (χ1v) is 29.3. The summed E-state index contributed by atoms with van der Waals surface area (Å²) in [4.78, 5) is 7.92. The van der Waals surface area contributed by atoms with Crippen LogP contribution in [0.4, 0.5) is 51.2 Å². The van der Waals surface area contributed by atoms with E-state index in [1.54, 1.807) is 0 Å². The van der Waals surface area contributed by atoms with Crippen LogP contribution in [0, 0.1) is 13.8 Å². The van der Waals surface area contributed by atoms with Crippen molar-refractivity contribution >= 4 is 74.3 Å². The Morgan fingerprint density at radius 2 is 0.912 bits per heavy atom. The predicted octanol–water partition coefficient (Wildman–Crippen LogP) is 19.4. The molecular weight excluding hydrogens is 966 g/mol. The highest BCUT2D eigenvalue weighted by Gasteiger charge is 2.48. The molecular formula is C76H80BN3. The average molecular weight is 1050 g/mol. The largest absolute Gasteiger partial charge is 0.311 e. The molecule has 0 fully saturated rings. The Labute approximate surface area is 479 Å². The number of hydrogen-bond donors (Lipinski definition) is 0. The molecule has 80 heavy (non-hydrogen) atoms. The third-order valence-corrected chi connectivity index (χ3v) is 18.2. The first-order chi connectivity index (χ1) is 37.9. The third kappa shape index (κ3) is 8.99. The van der Waals surface area contributed by atoms with Crippen LogP contribution in [-0.2, 0) is 27.1 Å². The molecule has 9 aromatic carbocycles. The Kier molecular flexibility index (Phi) is 12.6. The molecule has 0 aromatic heterocycles. The van der Waals surface area contributed by atoms with Crippen LogP contribution in [0.15, 0.2) is 188 Å². The van der Waals surface area contributed by atoms with Crippen molar-refractivity contribution in [3.8, 4) is 22.3 Å². The molecule has 402 valence electrons. The Balaban J connectivity index is 1.29. The van der Waals surface area contributed by atoms with Crippen molar-refractivity contribution in [3.05, 3.63) is 227 Å². The first-order valence-electron chi connectivity index (χ1n) is 29.3. The van der Waals surface area contributed by atoms with E-state index in [1.165, 1.54) is 112 Å². The molecule has 12 rings (SSSR count). The zero-order chi connectivity index (χ0) is 56.4. The Morgan fingerprint density at radius 3 is 1.52 bits per heavy atom. The van der Waals surface area contributed by atoms with Gasteiger partial charge in [0.05, 0.1) is 11.4 Å². The molecule has 0 bridgehead atoms. The zero-order valence-electron chi connectivity index (χ0n) is 50.2. The Bertz CT molecular complexity index is 3850. The minimum atomic E-state index is -0.104. The van der Waals surface area contributed by atoms with Gasteiger partial charge in [-0.3, -0.25) is 0 Å². The van der Waals surface area contributed by atoms with Crippen LogP contribution in [0.1, 0.15) is 142 Å². The summed E-state index contributed by atoms with van der Waals surface area (Å²) in [5.41, 5.74) is 28.5. The number of nitrogens with zero attached hydrogens (tertiary/aromatic N) is 3. The molecule has 9 aromatic rings. The molecule has 2 aliphatic heterocycles. The van der Waals surface area contributed by atoms with Crippen LogP contribution in [-0.4, -0.2) is 6.71 Å². The lowest BCUT2D eigenvalue weighted by Crippen LogP contribution is -2.62. The van der Waals surface area contributed by atoms with Gasteiger partial charge in [-0.1, -0.05) is 217 Å². The van der Waals surface area contributed by atoms with Crippen LogP contribution in [0.3, 0.4) is 0 Å². The summed E-state index contributed by atoms with van der Waals surface area (Å²) in [6.45, 7) is 35.5. The van der Waals surface area contributed by atoms with E-state index >= 15 is 0 Å². The molecule has 4 heteroatoms. The SMILES string of the molecule is Cc1ccccc1N(c1cc2c3c(c1)N(c1ccc(C(C)(C)C)cc1-c1ccccc1-c1ccccc1)c1cc4c(cc1B3c1ccc(C(C)(C)C)cc1N2c1cccc(C(C)(C)C)c1)C(C)(C)CCC4(C)C)c1ccccc1C. The summed E-state index contributed by atoms with van der Waals surface area (Å²) in [6.07, 6.45) is 2.26. The number of para-hydroxylation sites is 2. The maximum Gasteiger partial charge on any atom is 0.252 e. The molecule has 0 spiro atoms. The van der Waals surface area contributed by atoms with E-state index < -0.39 is 0 Å². The normalized spacial score (nSPS) is 15.2. The molecule has 0 amide bonds. The third-order valence-electron chi connectivity index (χ3n) is 18.2. The number of benzene rings is 9. The lowest BCUT2D eigenvalue weighted by molar-refractivity contribution is 0.332. The van der Waals surface area contributed by atoms with Crippen LogP contribution < -0.4 is 31.1 Å². The van der Waals surface area contributed by atoms with E-state index in [4.69, 9.17) is 0 Å². The topological polar surface area (TPSA) is 9.72 Å². The second-order valence-electron chi connectivity index (χ2n) is 27.9. The minimum absolute atomic E-state index is 0.0135. The van der Waals surface area contributed by atoms with E-state index in [-0.39, 0.29) is 33.8 Å². The van der Waals surface area contributed by atoms with Crippen LogP contribution in [0.25, 0.3) is 22.3 Å². The Hall–Kier alpha value is -7.56. The number of fused-ring (bicyclic) bond motifs is 5. The van der Waals surface area contributed by atoms with E-state index in [0.29, 0.717) is 0 Å². The molecule has 0 atom stereocenters. The summed E-state index contributed by atoms with van der Waals surface area (Å²) < 4.78 is 0. The van der Waals surface area contributed by atoms with E-state index in [2.05, 4.69) is 307 Å². The zero-order valence-corrected chi connectivity index (χ0v) is 50.2. The predicted molar refractivity (Wildman–Crippen MR) is 347 cm³/mol. The second-order valence-corrected chi connectivity index (χ2v) is 27.9. The average Bonchev–Trinajstić information content (AvgIpc) is 3.46. The maximum absolute atomic E-state index is 2.72. The number of rotatable bonds is 7. The van der Waals surface area contributed by atoms with Crippen molar-refractivity contribution in [1.82, 2.24) is 0 Å². The van der Waals surface area contributed by atoms with Crippen LogP contribution in [0.5, 0.6) is 0 Å². The number of hydrogen-bond acceptors (Lipinski definition) is 3. The van der Waals surface area contributed by atoms with Gasteiger partial charge in [-0.15, -0.1) is 0 Å². The van der Waals surface area contributed by atoms with Gasteiger partial charge in [-0.2, -0.15) is 0 Å². The summed E-state index contributed by atoms with van der Waals surface area (Å²) in [6, 6.07) is 72.7. The lowest BCUT2D eigenvalue weighted by atomic mass is 9.33. The van der Waals surface area contributed by atoms with Gasteiger partial charge < -0.3 is 14.7 Å². The lowest BCUT2D eigenvalue weighted by Gasteiger charge is -2.48. The highest BCUT2D eigenvalue weighted by Crippen LogP contribution is 2.54. The summed E-state index contributed by atoms with van der Waals surface area (Å²) >= 11 is 0. The van der Waals surface area contributed by atoms with Crippen molar-refractivity contribution in [2.45, 2.75) is 144 Å². The van der Waals surface area contributed by atoms with Crippen LogP contribution in [0.2, 0.25) is 0 Å². The fourth-order valence-corrected chi connectivity index (χ4v) is 13.3. The van der Waals surface area contributed by atoms with Gasteiger partial charge in [0, 0.05) is 45.4 Å². The number of anilines is 9. The molecule has 2 heterocycles. The summed E-state index contributed by atoms with van der Waals surface area (Å²) in [7, 11) is 0. The van der Waals surface area contributed by atoms with Crippen LogP contribution >= 0.6 is 0 Å². The second kappa shape index (κ2) is 19.0. The molecule has 3 aliphatic rings. The molecule has 0 saturated heterocycles. The molecule has 0 saturated carbocycles. The summed E-state index contributed by atoms with van der Waals surface area (Å²) in [5.74, 6) is 0. The van der Waals surface area contributed by atoms with Gasteiger partial charge in [-0.25, -0.2) is 0 Å². The Morgan fingerprint density at radius 1 is 0.400 bits per heavy atom. The standard InChI is InChI=1S/C76H80BN3/c1-49-26-19-23-34-64(49)79(65-35-24-20-27-50(65)2)56-45-69-71-70(46-56)80(66-39-37-53(73(6,7)8)43-59(66)58-33-22-21-32-57(58)51-28-17-16-18-29-51)68-48-61-60(75(12,13)40-41-76(61,14)15)47-63(68)77(71)62-38-36-54(74(9,10)11)44-67(62)78(69)55-31-25-30-52(42-55)72(3,4)5/h16-39,42-48H,40-41H2,1-15H3. The van der Waals surface area contributed by atoms with Crippen molar-refractivity contribution in [2.75, 3.05) is 14.7 Å². The fraction of sp³-hybridized carbons (Fsp3) is 0.289. The van der Waals surface area contributed by atoms with E-state index in [1.807, 2.05) is 0 Å². The summed E-state index contributed by atoms with van der Waals surface area (Å²) in [5, 5.41) is 0. The highest BCUT2D eigenvalue weighted by atomic mass is 15.2. The van der Waals surface area contributed by atoms with Crippen molar-refractivity contribution < 1.29 is 0 Å². The van der Waals surface area contributed by atoms with Crippen molar-refractivity contribution in [2.24, 2.45) is 0 Å². The van der Waals surface area contributed by atoms with Crippen molar-refractivity contribution in [1.29, 1.82) is 0 Å². The molecule has 1 aliphatic carbocycles. The van der Waals surface area contributed by atoms with Gasteiger partial charge in [0.1, 0.15) is 0 Å². The highest BCUT2D eigenvalue weighted by molar-refractivity contribution is 7.00. The maximum atomic E-state index is 2.72. The number of aryl methyl sites for hydroxylation is 2. The smallest absolute Gasteiger partial charge is 0.252 e.